The van der Waals surface area contributed by atoms with Crippen LogP contribution in [0.2, 0.25) is 0 Å². The third-order valence-corrected chi connectivity index (χ3v) is 9.09. The zero-order valence-electron chi connectivity index (χ0n) is 24.0. The van der Waals surface area contributed by atoms with Crippen LogP contribution in [0.15, 0.2) is 135 Å². The lowest BCUT2D eigenvalue weighted by Gasteiger charge is -2.20. The Kier molecular flexibility index (Phi) is 6.18. The van der Waals surface area contributed by atoms with Crippen LogP contribution in [0.25, 0.3) is 87.3 Å². The molecule has 0 spiro atoms. The zero-order chi connectivity index (χ0) is 28.5. The lowest BCUT2D eigenvalue weighted by Crippen LogP contribution is -1.96. The first kappa shape index (κ1) is 26.7. The maximum Gasteiger partial charge on any atom is -0.000774 e. The van der Waals surface area contributed by atoms with Crippen molar-refractivity contribution < 1.29 is 0 Å². The summed E-state index contributed by atoms with van der Waals surface area (Å²) in [5, 5.41) is 13.1. The molecular weight excluding hydrogens is 516 g/mol. The fourth-order valence-electron chi connectivity index (χ4n) is 7.46. The normalized spacial score (nSPS) is 12.8. The number of benzene rings is 7. The van der Waals surface area contributed by atoms with Gasteiger partial charge in [-0.15, -0.1) is 0 Å². The molecule has 0 saturated heterocycles. The van der Waals surface area contributed by atoms with Gasteiger partial charge in [-0.2, -0.15) is 0 Å². The number of hydrogen-bond acceptors (Lipinski definition) is 0. The molecule has 0 aromatic heterocycles. The van der Waals surface area contributed by atoms with Gasteiger partial charge in [0, 0.05) is 0 Å². The van der Waals surface area contributed by atoms with E-state index in [1.54, 1.807) is 0 Å². The Morgan fingerprint density at radius 1 is 0.605 bits per heavy atom. The van der Waals surface area contributed by atoms with Crippen molar-refractivity contribution >= 4 is 65.0 Å². The largest absolute Gasteiger partial charge is 0.0991 e. The van der Waals surface area contributed by atoms with Crippen LogP contribution in [-0.2, 0) is 0 Å². The van der Waals surface area contributed by atoms with Gasteiger partial charge in [0.15, 0.2) is 0 Å². The minimum atomic E-state index is 0. The molecule has 0 fully saturated rings. The highest BCUT2D eigenvalue weighted by atomic mass is 14.3. The first-order chi connectivity index (χ1) is 20.6. The van der Waals surface area contributed by atoms with E-state index < -0.39 is 0 Å². The molecule has 1 aliphatic carbocycles. The van der Waals surface area contributed by atoms with Crippen molar-refractivity contribution in [3.05, 3.63) is 146 Å². The van der Waals surface area contributed by atoms with Crippen LogP contribution >= 0.6 is 0 Å². The third kappa shape index (κ3) is 3.57. The average molecular weight is 551 g/mol. The summed E-state index contributed by atoms with van der Waals surface area (Å²) in [5.41, 5.74) is 9.95. The van der Waals surface area contributed by atoms with Crippen LogP contribution in [0.4, 0.5) is 0 Å². The molecule has 0 radical (unpaired) electrons. The maximum atomic E-state index is 4.60. The minimum absolute atomic E-state index is 0. The van der Waals surface area contributed by atoms with E-state index in [0.717, 1.165) is 5.57 Å². The number of rotatable bonds is 5. The van der Waals surface area contributed by atoms with Crippen LogP contribution < -0.4 is 0 Å². The smallest absolute Gasteiger partial charge is 0.000774 e. The Hall–Kier alpha value is -5.20. The van der Waals surface area contributed by atoms with E-state index in [2.05, 4.69) is 136 Å². The molecule has 0 saturated carbocycles. The van der Waals surface area contributed by atoms with Gasteiger partial charge in [0.25, 0.3) is 0 Å². The predicted octanol–water partition coefficient (Wildman–Crippen LogP) is 12.9. The molecule has 0 bridgehead atoms. The van der Waals surface area contributed by atoms with Crippen molar-refractivity contribution in [3.63, 3.8) is 0 Å². The van der Waals surface area contributed by atoms with Crippen molar-refractivity contribution in [1.82, 2.24) is 0 Å². The van der Waals surface area contributed by atoms with Crippen molar-refractivity contribution in [2.45, 2.75) is 21.3 Å². The molecule has 0 heterocycles. The fraction of sp³-hybridized carbons (Fsp3) is 0.0698. The highest BCUT2D eigenvalue weighted by Gasteiger charge is 2.31. The molecule has 0 heteroatoms. The first-order valence-electron chi connectivity index (χ1n) is 14.6. The van der Waals surface area contributed by atoms with Gasteiger partial charge in [0.05, 0.1) is 0 Å². The zero-order valence-corrected chi connectivity index (χ0v) is 24.0. The molecule has 7 aromatic rings. The predicted molar refractivity (Wildman–Crippen MR) is 193 cm³/mol. The number of fused-ring (bicyclic) bond motifs is 6. The minimum Gasteiger partial charge on any atom is -0.0991 e. The first-order valence-corrected chi connectivity index (χ1v) is 14.6. The third-order valence-electron chi connectivity index (χ3n) is 9.09. The fourth-order valence-corrected chi connectivity index (χ4v) is 7.46. The summed E-state index contributed by atoms with van der Waals surface area (Å²) in [7, 11) is 0. The summed E-state index contributed by atoms with van der Waals surface area (Å²) >= 11 is 0. The Morgan fingerprint density at radius 2 is 1.16 bits per heavy atom. The average Bonchev–Trinajstić information content (AvgIpc) is 3.36. The summed E-state index contributed by atoms with van der Waals surface area (Å²) in [6.07, 6.45) is 12.4. The highest BCUT2D eigenvalue weighted by molar-refractivity contribution is 6.38. The van der Waals surface area contributed by atoms with Gasteiger partial charge in [0.2, 0.25) is 0 Å². The van der Waals surface area contributed by atoms with E-state index in [-0.39, 0.29) is 7.43 Å². The van der Waals surface area contributed by atoms with Crippen molar-refractivity contribution in [2.75, 3.05) is 0 Å². The lowest BCUT2D eigenvalue weighted by molar-refractivity contribution is 1.59. The summed E-state index contributed by atoms with van der Waals surface area (Å²) in [6.45, 7) is 12.8. The van der Waals surface area contributed by atoms with Crippen LogP contribution in [0.1, 0.15) is 32.4 Å². The van der Waals surface area contributed by atoms with Crippen LogP contribution in [0.3, 0.4) is 0 Å². The second-order valence-electron chi connectivity index (χ2n) is 11.3. The quantitative estimate of drug-likeness (QED) is 0.114. The second kappa shape index (κ2) is 9.96. The highest BCUT2D eigenvalue weighted by Crippen LogP contribution is 2.57. The summed E-state index contributed by atoms with van der Waals surface area (Å²) in [5.74, 6) is 0. The van der Waals surface area contributed by atoms with Crippen LogP contribution in [0.5, 0.6) is 0 Å². The van der Waals surface area contributed by atoms with E-state index >= 15 is 0 Å². The van der Waals surface area contributed by atoms with E-state index in [1.165, 1.54) is 92.8 Å². The van der Waals surface area contributed by atoms with E-state index in [0.29, 0.717) is 0 Å². The van der Waals surface area contributed by atoms with Gasteiger partial charge < -0.3 is 0 Å². The molecule has 43 heavy (non-hydrogen) atoms. The van der Waals surface area contributed by atoms with Gasteiger partial charge in [-0.25, -0.2) is 0 Å². The Bertz CT molecular complexity index is 2340. The molecule has 7 aromatic carbocycles. The maximum absolute atomic E-state index is 4.60. The second-order valence-corrected chi connectivity index (χ2v) is 11.3. The monoisotopic (exact) mass is 550 g/mol. The Morgan fingerprint density at radius 3 is 1.77 bits per heavy atom. The number of hydrogen-bond donors (Lipinski definition) is 0. The van der Waals surface area contributed by atoms with Crippen LogP contribution in [-0.4, -0.2) is 0 Å². The van der Waals surface area contributed by atoms with Gasteiger partial charge in [-0.3, -0.25) is 0 Å². The SMILES string of the molecule is C.C=C/C=C\C(=C)c1c2c(c(/C(C)=C/C=C\C)c3ccccc13)-c1ccc3c4cccc5cccc(c6ccc-2c1c63)c54. The lowest BCUT2D eigenvalue weighted by atomic mass is 9.82. The molecular formula is C43H34. The summed E-state index contributed by atoms with van der Waals surface area (Å²) in [6, 6.07) is 31.7. The topological polar surface area (TPSA) is 0 Å². The molecule has 0 aliphatic heterocycles. The molecule has 0 unspecified atom stereocenters. The molecule has 0 nitrogen and oxygen atoms in total. The summed E-state index contributed by atoms with van der Waals surface area (Å²) < 4.78 is 0. The molecule has 0 amide bonds. The van der Waals surface area contributed by atoms with Gasteiger partial charge in [0.1, 0.15) is 0 Å². The van der Waals surface area contributed by atoms with Gasteiger partial charge in [-0.1, -0.05) is 142 Å². The van der Waals surface area contributed by atoms with E-state index in [1.807, 2.05) is 12.2 Å². The van der Waals surface area contributed by atoms with E-state index in [4.69, 9.17) is 0 Å². The number of allylic oxidation sites excluding steroid dienone is 8. The van der Waals surface area contributed by atoms with Gasteiger partial charge >= 0.3 is 0 Å². The standard InChI is InChI=1S/C42H30.CH4/c1-5-7-13-25(3)36-28-17-9-10-18-29(28)37(26(4)14-8-6-2)42-35-24-22-33-31-20-12-16-27-15-11-19-30(38(27)31)32-21-23-34(41(36)42)40(35)39(32)33;/h5-24H,1,3H2,2,4H3;1H4/b8-6-,13-7-,26-14+;. The van der Waals surface area contributed by atoms with E-state index in [9.17, 15) is 0 Å². The van der Waals surface area contributed by atoms with Crippen molar-refractivity contribution in [1.29, 1.82) is 0 Å². The summed E-state index contributed by atoms with van der Waals surface area (Å²) in [4.78, 5) is 0. The molecule has 0 N–H and O–H groups in total. The van der Waals surface area contributed by atoms with Gasteiger partial charge in [-0.05, 0) is 112 Å². The van der Waals surface area contributed by atoms with Crippen molar-refractivity contribution in [3.8, 4) is 22.3 Å². The molecule has 1 aliphatic rings. The Labute approximate surface area is 253 Å². The van der Waals surface area contributed by atoms with Crippen LogP contribution in [0, 0.1) is 0 Å². The molecule has 0 atom stereocenters. The molecule has 206 valence electrons. The van der Waals surface area contributed by atoms with Crippen molar-refractivity contribution in [2.24, 2.45) is 0 Å². The Balaban J connectivity index is 0.00000300. The molecule has 8 rings (SSSR count).